The van der Waals surface area contributed by atoms with E-state index >= 15 is 0 Å². The first-order chi connectivity index (χ1) is 10.1. The minimum atomic E-state index is -0.249. The minimum Gasteiger partial charge on any atom is -0.461 e. The number of hydrogen-bond acceptors (Lipinski definition) is 3. The number of halogens is 1. The SMILES string of the molecule is NC(CCC(=O)OCc1cccc(Cl)c1)c1ccccc1. The number of rotatable bonds is 6. The van der Waals surface area contributed by atoms with Crippen LogP contribution in [0.1, 0.15) is 30.0 Å². The summed E-state index contributed by atoms with van der Waals surface area (Å²) in [5.41, 5.74) is 7.95. The molecule has 2 N–H and O–H groups in total. The second kappa shape index (κ2) is 7.81. The smallest absolute Gasteiger partial charge is 0.306 e. The van der Waals surface area contributed by atoms with E-state index in [0.29, 0.717) is 17.9 Å². The van der Waals surface area contributed by atoms with Crippen LogP contribution in [0.25, 0.3) is 0 Å². The van der Waals surface area contributed by atoms with E-state index < -0.39 is 0 Å². The molecule has 0 aliphatic heterocycles. The Kier molecular flexibility index (Phi) is 5.78. The lowest BCUT2D eigenvalue weighted by Crippen LogP contribution is -2.13. The average molecular weight is 304 g/mol. The first-order valence-corrected chi connectivity index (χ1v) is 7.23. The Morgan fingerprint density at radius 2 is 1.90 bits per heavy atom. The molecule has 0 fully saturated rings. The summed E-state index contributed by atoms with van der Waals surface area (Å²) in [6, 6.07) is 16.9. The predicted molar refractivity (Wildman–Crippen MR) is 83.9 cm³/mol. The van der Waals surface area contributed by atoms with Gasteiger partial charge in [0, 0.05) is 17.5 Å². The zero-order valence-electron chi connectivity index (χ0n) is 11.7. The summed E-state index contributed by atoms with van der Waals surface area (Å²) in [6.07, 6.45) is 0.870. The van der Waals surface area contributed by atoms with Crippen LogP contribution in [0.5, 0.6) is 0 Å². The van der Waals surface area contributed by atoms with Gasteiger partial charge in [-0.2, -0.15) is 0 Å². The molecule has 0 aliphatic carbocycles. The Balaban J connectivity index is 1.75. The highest BCUT2D eigenvalue weighted by Crippen LogP contribution is 2.16. The lowest BCUT2D eigenvalue weighted by Gasteiger charge is -2.11. The number of esters is 1. The number of hydrogen-bond donors (Lipinski definition) is 1. The lowest BCUT2D eigenvalue weighted by atomic mass is 10.0. The zero-order chi connectivity index (χ0) is 15.1. The third-order valence-corrected chi connectivity index (χ3v) is 3.41. The summed E-state index contributed by atoms with van der Waals surface area (Å²) in [4.78, 5) is 11.7. The van der Waals surface area contributed by atoms with E-state index in [9.17, 15) is 4.79 Å². The topological polar surface area (TPSA) is 52.3 Å². The third-order valence-electron chi connectivity index (χ3n) is 3.18. The monoisotopic (exact) mass is 303 g/mol. The average Bonchev–Trinajstić information content (AvgIpc) is 2.51. The van der Waals surface area contributed by atoms with Gasteiger partial charge in [0.2, 0.25) is 0 Å². The number of ether oxygens (including phenoxy) is 1. The molecule has 0 heterocycles. The third kappa shape index (κ3) is 5.21. The maximum Gasteiger partial charge on any atom is 0.306 e. The summed E-state index contributed by atoms with van der Waals surface area (Å²) < 4.78 is 5.22. The van der Waals surface area contributed by atoms with Crippen molar-refractivity contribution >= 4 is 17.6 Å². The van der Waals surface area contributed by atoms with Gasteiger partial charge in [-0.15, -0.1) is 0 Å². The molecular weight excluding hydrogens is 286 g/mol. The Labute approximate surface area is 129 Å². The minimum absolute atomic E-state index is 0.148. The molecule has 0 spiro atoms. The highest BCUT2D eigenvalue weighted by Gasteiger charge is 2.10. The van der Waals surface area contributed by atoms with E-state index in [1.54, 1.807) is 12.1 Å². The Hall–Kier alpha value is -1.84. The zero-order valence-corrected chi connectivity index (χ0v) is 12.4. The van der Waals surface area contributed by atoms with E-state index in [4.69, 9.17) is 22.1 Å². The second-order valence-corrected chi connectivity index (χ2v) is 5.28. The molecule has 2 rings (SSSR count). The number of carbonyl (C=O) groups is 1. The maximum atomic E-state index is 11.7. The van der Waals surface area contributed by atoms with Gasteiger partial charge in [-0.05, 0) is 29.7 Å². The fourth-order valence-electron chi connectivity index (χ4n) is 2.00. The highest BCUT2D eigenvalue weighted by molar-refractivity contribution is 6.30. The largest absolute Gasteiger partial charge is 0.461 e. The molecule has 1 atom stereocenters. The van der Waals surface area contributed by atoms with Gasteiger partial charge in [-0.1, -0.05) is 54.1 Å². The van der Waals surface area contributed by atoms with E-state index in [1.807, 2.05) is 42.5 Å². The normalized spacial score (nSPS) is 11.9. The maximum absolute atomic E-state index is 11.7. The van der Waals surface area contributed by atoms with E-state index in [-0.39, 0.29) is 18.6 Å². The molecule has 2 aromatic carbocycles. The first-order valence-electron chi connectivity index (χ1n) is 6.86. The van der Waals surface area contributed by atoms with Crippen LogP contribution in [0.4, 0.5) is 0 Å². The van der Waals surface area contributed by atoms with Crippen molar-refractivity contribution in [3.8, 4) is 0 Å². The van der Waals surface area contributed by atoms with Crippen molar-refractivity contribution in [2.45, 2.75) is 25.5 Å². The molecule has 0 saturated carbocycles. The molecule has 0 amide bonds. The molecular formula is C17H18ClNO2. The van der Waals surface area contributed by atoms with Crippen molar-refractivity contribution in [3.05, 3.63) is 70.7 Å². The van der Waals surface area contributed by atoms with Crippen LogP contribution >= 0.6 is 11.6 Å². The summed E-state index contributed by atoms with van der Waals surface area (Å²) in [7, 11) is 0. The number of benzene rings is 2. The first kappa shape index (κ1) is 15.5. The van der Waals surface area contributed by atoms with Gasteiger partial charge in [0.15, 0.2) is 0 Å². The van der Waals surface area contributed by atoms with Crippen LogP contribution in [0.15, 0.2) is 54.6 Å². The van der Waals surface area contributed by atoms with Gasteiger partial charge in [0.1, 0.15) is 6.61 Å². The Bertz CT molecular complexity index is 586. The molecule has 0 radical (unpaired) electrons. The van der Waals surface area contributed by atoms with Crippen LogP contribution in [-0.4, -0.2) is 5.97 Å². The number of nitrogens with two attached hydrogens (primary N) is 1. The molecule has 110 valence electrons. The fraction of sp³-hybridized carbons (Fsp3) is 0.235. The standard InChI is InChI=1S/C17H18ClNO2/c18-15-8-4-5-13(11-15)12-21-17(20)10-9-16(19)14-6-2-1-3-7-14/h1-8,11,16H,9-10,12,19H2. The van der Waals surface area contributed by atoms with Gasteiger partial charge in [-0.3, -0.25) is 4.79 Å². The van der Waals surface area contributed by atoms with Crippen molar-refractivity contribution in [1.82, 2.24) is 0 Å². The van der Waals surface area contributed by atoms with Gasteiger partial charge in [0.05, 0.1) is 0 Å². The van der Waals surface area contributed by atoms with Gasteiger partial charge < -0.3 is 10.5 Å². The molecule has 3 nitrogen and oxygen atoms in total. The van der Waals surface area contributed by atoms with Crippen molar-refractivity contribution in [3.63, 3.8) is 0 Å². The van der Waals surface area contributed by atoms with Crippen LogP contribution in [-0.2, 0) is 16.1 Å². The number of carbonyl (C=O) groups excluding carboxylic acids is 1. The van der Waals surface area contributed by atoms with E-state index in [0.717, 1.165) is 11.1 Å². The second-order valence-electron chi connectivity index (χ2n) is 4.85. The van der Waals surface area contributed by atoms with Gasteiger partial charge in [-0.25, -0.2) is 0 Å². The Morgan fingerprint density at radius 1 is 1.14 bits per heavy atom. The Morgan fingerprint density at radius 3 is 2.62 bits per heavy atom. The van der Waals surface area contributed by atoms with E-state index in [1.165, 1.54) is 0 Å². The molecule has 0 aromatic heterocycles. The van der Waals surface area contributed by atoms with Crippen LogP contribution in [0.2, 0.25) is 5.02 Å². The van der Waals surface area contributed by atoms with Crippen LogP contribution in [0, 0.1) is 0 Å². The summed E-state index contributed by atoms with van der Waals surface area (Å²) >= 11 is 5.87. The van der Waals surface area contributed by atoms with Crippen molar-refractivity contribution < 1.29 is 9.53 Å². The molecule has 4 heteroatoms. The molecule has 0 bridgehead atoms. The fourth-order valence-corrected chi connectivity index (χ4v) is 2.22. The quantitative estimate of drug-likeness (QED) is 0.824. The summed E-state index contributed by atoms with van der Waals surface area (Å²) in [5, 5.41) is 0.634. The van der Waals surface area contributed by atoms with Gasteiger partial charge in [0.25, 0.3) is 0 Å². The van der Waals surface area contributed by atoms with E-state index in [2.05, 4.69) is 0 Å². The van der Waals surface area contributed by atoms with Crippen LogP contribution < -0.4 is 5.73 Å². The molecule has 21 heavy (non-hydrogen) atoms. The highest BCUT2D eigenvalue weighted by atomic mass is 35.5. The summed E-state index contributed by atoms with van der Waals surface area (Å²) in [5.74, 6) is -0.249. The van der Waals surface area contributed by atoms with Gasteiger partial charge >= 0.3 is 5.97 Å². The van der Waals surface area contributed by atoms with Crippen LogP contribution in [0.3, 0.4) is 0 Å². The summed E-state index contributed by atoms with van der Waals surface area (Å²) in [6.45, 7) is 0.236. The van der Waals surface area contributed by atoms with Crippen molar-refractivity contribution in [2.75, 3.05) is 0 Å². The molecule has 0 saturated heterocycles. The lowest BCUT2D eigenvalue weighted by molar-refractivity contribution is -0.145. The molecule has 1 unspecified atom stereocenters. The molecule has 2 aromatic rings. The van der Waals surface area contributed by atoms with Crippen molar-refractivity contribution in [2.24, 2.45) is 5.73 Å². The van der Waals surface area contributed by atoms with Crippen molar-refractivity contribution in [1.29, 1.82) is 0 Å². The predicted octanol–water partition coefficient (Wildman–Crippen LogP) is 3.86. The molecule has 0 aliphatic rings.